The molecule has 0 radical (unpaired) electrons. The van der Waals surface area contributed by atoms with Crippen molar-refractivity contribution in [2.24, 2.45) is 51.8 Å². The van der Waals surface area contributed by atoms with Crippen molar-refractivity contribution in [2.45, 2.75) is 183 Å². The average Bonchev–Trinajstić information content (AvgIpc) is 3.92. The van der Waals surface area contributed by atoms with Crippen molar-refractivity contribution in [3.05, 3.63) is 96.7 Å². The molecule has 7 atom stereocenters. The van der Waals surface area contributed by atoms with Gasteiger partial charge >= 0.3 is 0 Å². The third-order valence-corrected chi connectivity index (χ3v) is 10.7. The van der Waals surface area contributed by atoms with Gasteiger partial charge in [0.25, 0.3) is 0 Å². The molecule has 0 N–H and O–H groups in total. The van der Waals surface area contributed by atoms with Gasteiger partial charge in [0.05, 0.1) is 0 Å². The van der Waals surface area contributed by atoms with Crippen LogP contribution in [0, 0.1) is 51.8 Å². The Morgan fingerprint density at radius 1 is 0.788 bits per heavy atom. The van der Waals surface area contributed by atoms with Gasteiger partial charge in [0.15, 0.2) is 0 Å². The lowest BCUT2D eigenvalue weighted by molar-refractivity contribution is 0.301. The first-order chi connectivity index (χ1) is 23.6. The number of hydrogen-bond acceptors (Lipinski definition) is 0. The molecule has 52 heavy (non-hydrogen) atoms. The minimum atomic E-state index is 0.381. The Morgan fingerprint density at radius 2 is 1.23 bits per heavy atom. The van der Waals surface area contributed by atoms with E-state index >= 15 is 0 Å². The summed E-state index contributed by atoms with van der Waals surface area (Å²) >= 11 is 0. The fourth-order valence-electron chi connectivity index (χ4n) is 6.76. The van der Waals surface area contributed by atoms with E-state index in [1.807, 2.05) is 27.7 Å². The molecule has 0 amide bonds. The lowest BCUT2D eigenvalue weighted by Gasteiger charge is -2.27. The summed E-state index contributed by atoms with van der Waals surface area (Å²) in [4.78, 5) is 0. The smallest absolute Gasteiger partial charge is 0.0130 e. The minimum absolute atomic E-state index is 0.381. The molecule has 3 rings (SSSR count). The standard InChI is InChI=1S/C20H28.C12H22.C9H18.C5H12.C4H8.C2H6/c1-5-9-15(2)17(4)16(3)12-13-19-14-20(19)18-10-7-6-8-11-18;1-7-10-11(12(10,5)6)9(4)8(2)3;1-7(2)8(3)9(4,5)6;1-5(2,3)4;1-4(2)3;1-2/h6-8,10-11,15,19-20H,3-5,9,12-14H2,1-2H3;9-11H,2,7H2,1,3-6H3;8H,1H2,2-6H3;1-4H3;1H2,2-3H3;1-2H3. The van der Waals surface area contributed by atoms with Gasteiger partial charge in [-0.15, -0.1) is 6.58 Å². The van der Waals surface area contributed by atoms with Crippen LogP contribution < -0.4 is 0 Å². The van der Waals surface area contributed by atoms with Crippen LogP contribution in [0.4, 0.5) is 0 Å². The van der Waals surface area contributed by atoms with Crippen LogP contribution in [0.2, 0.25) is 0 Å². The summed E-state index contributed by atoms with van der Waals surface area (Å²) in [5.41, 5.74) is 9.33. The maximum Gasteiger partial charge on any atom is -0.0130 e. The first-order valence-corrected chi connectivity index (χ1v) is 21.0. The average molecular weight is 719 g/mol. The van der Waals surface area contributed by atoms with Crippen LogP contribution in [0.15, 0.2) is 91.1 Å². The molecule has 302 valence electrons. The van der Waals surface area contributed by atoms with E-state index < -0.39 is 0 Å². The van der Waals surface area contributed by atoms with Gasteiger partial charge < -0.3 is 0 Å². The lowest BCUT2D eigenvalue weighted by atomic mass is 9.78. The summed E-state index contributed by atoms with van der Waals surface area (Å²) in [6.45, 7) is 63.9. The predicted molar refractivity (Wildman–Crippen MR) is 244 cm³/mol. The van der Waals surface area contributed by atoms with E-state index in [1.54, 1.807) is 0 Å². The highest BCUT2D eigenvalue weighted by atomic mass is 14.6. The van der Waals surface area contributed by atoms with Crippen molar-refractivity contribution >= 4 is 0 Å². The van der Waals surface area contributed by atoms with Gasteiger partial charge in [0.1, 0.15) is 0 Å². The summed E-state index contributed by atoms with van der Waals surface area (Å²) in [5, 5.41) is 0. The van der Waals surface area contributed by atoms with Crippen molar-refractivity contribution in [1.29, 1.82) is 0 Å². The van der Waals surface area contributed by atoms with Crippen LogP contribution in [0.3, 0.4) is 0 Å². The van der Waals surface area contributed by atoms with Gasteiger partial charge in [-0.3, -0.25) is 0 Å². The van der Waals surface area contributed by atoms with Crippen LogP contribution in [-0.2, 0) is 0 Å². The van der Waals surface area contributed by atoms with Crippen LogP contribution in [0.25, 0.3) is 0 Å². The van der Waals surface area contributed by atoms with Crippen molar-refractivity contribution in [2.75, 3.05) is 0 Å². The quantitative estimate of drug-likeness (QED) is 0.149. The first-order valence-electron chi connectivity index (χ1n) is 21.0. The number of rotatable bonds is 12. The van der Waals surface area contributed by atoms with Crippen LogP contribution in [-0.4, -0.2) is 0 Å². The van der Waals surface area contributed by atoms with E-state index in [1.165, 1.54) is 65.5 Å². The molecule has 2 fully saturated rings. The summed E-state index contributed by atoms with van der Waals surface area (Å²) in [7, 11) is 0. The molecule has 0 spiro atoms. The molecular formula is C52H94. The van der Waals surface area contributed by atoms with Crippen LogP contribution in [0.1, 0.15) is 188 Å². The highest BCUT2D eigenvalue weighted by Gasteiger charge is 2.58. The van der Waals surface area contributed by atoms with E-state index in [0.29, 0.717) is 34.0 Å². The monoisotopic (exact) mass is 719 g/mol. The molecule has 0 heterocycles. The maximum atomic E-state index is 4.26. The van der Waals surface area contributed by atoms with Gasteiger partial charge in [-0.1, -0.05) is 203 Å². The van der Waals surface area contributed by atoms with Crippen molar-refractivity contribution in [1.82, 2.24) is 0 Å². The number of benzene rings is 1. The molecule has 2 aliphatic carbocycles. The van der Waals surface area contributed by atoms with Gasteiger partial charge in [0, 0.05) is 0 Å². The molecule has 0 saturated heterocycles. The number of hydrogen-bond donors (Lipinski definition) is 0. The SMILES string of the molecule is C=C(C)C.C=C(C)C(C)C(C)(C)C.C=C(C)C(C)C1C(CC)C1(C)C.C=C(CCC1CC1c1ccccc1)C(=C)C(C)CCC.CC.CC(C)(C)C. The van der Waals surface area contributed by atoms with E-state index in [4.69, 9.17) is 0 Å². The second kappa shape index (κ2) is 25.9. The maximum absolute atomic E-state index is 4.26. The van der Waals surface area contributed by atoms with Crippen LogP contribution in [0.5, 0.6) is 0 Å². The Labute approximate surface area is 330 Å². The normalized spacial score (nSPS) is 20.9. The fourth-order valence-corrected chi connectivity index (χ4v) is 6.76. The predicted octanol–water partition coefficient (Wildman–Crippen LogP) is 17.9. The number of allylic oxidation sites excluding steroid dienone is 5. The molecule has 0 aromatic heterocycles. The first kappa shape index (κ1) is 54.3. The third-order valence-electron chi connectivity index (χ3n) is 10.7. The summed E-state index contributed by atoms with van der Waals surface area (Å²) < 4.78 is 0. The van der Waals surface area contributed by atoms with E-state index in [9.17, 15) is 0 Å². The molecule has 0 heteroatoms. The Bertz CT molecular complexity index is 1150. The Kier molecular flexibility index (Phi) is 27.0. The highest BCUT2D eigenvalue weighted by Crippen LogP contribution is 2.64. The van der Waals surface area contributed by atoms with Gasteiger partial charge in [-0.05, 0) is 122 Å². The minimum Gasteiger partial charge on any atom is -0.100 e. The second-order valence-corrected chi connectivity index (χ2v) is 19.5. The second-order valence-electron chi connectivity index (χ2n) is 19.5. The molecule has 2 aliphatic rings. The summed E-state index contributed by atoms with van der Waals surface area (Å²) in [6, 6.07) is 10.9. The van der Waals surface area contributed by atoms with Gasteiger partial charge in [-0.2, -0.15) is 0 Å². The van der Waals surface area contributed by atoms with E-state index in [0.717, 1.165) is 30.1 Å². The van der Waals surface area contributed by atoms with Crippen molar-refractivity contribution < 1.29 is 0 Å². The van der Waals surface area contributed by atoms with Gasteiger partial charge in [-0.25, -0.2) is 0 Å². The van der Waals surface area contributed by atoms with E-state index in [2.05, 4.69) is 174 Å². The zero-order chi connectivity index (χ0) is 41.8. The lowest BCUT2D eigenvalue weighted by Crippen LogP contribution is -2.17. The Balaban J connectivity index is -0.000000642. The topological polar surface area (TPSA) is 0 Å². The van der Waals surface area contributed by atoms with Crippen LogP contribution >= 0.6 is 0 Å². The van der Waals surface area contributed by atoms with E-state index in [-0.39, 0.29) is 0 Å². The zero-order valence-corrected chi connectivity index (χ0v) is 39.2. The van der Waals surface area contributed by atoms with Crippen molar-refractivity contribution in [3.63, 3.8) is 0 Å². The Morgan fingerprint density at radius 3 is 1.54 bits per heavy atom. The largest absolute Gasteiger partial charge is 0.100 e. The molecule has 0 aliphatic heterocycles. The Hall–Kier alpha value is -2.08. The molecule has 2 saturated carbocycles. The summed E-state index contributed by atoms with van der Waals surface area (Å²) in [5.74, 6) is 5.41. The molecule has 0 nitrogen and oxygen atoms in total. The highest BCUT2D eigenvalue weighted by molar-refractivity contribution is 5.29. The molecule has 0 bridgehead atoms. The van der Waals surface area contributed by atoms with Crippen molar-refractivity contribution in [3.8, 4) is 0 Å². The molecule has 1 aromatic carbocycles. The summed E-state index contributed by atoms with van der Waals surface area (Å²) in [6.07, 6.45) is 7.54. The van der Waals surface area contributed by atoms with Gasteiger partial charge in [0.2, 0.25) is 0 Å². The fraction of sp³-hybridized carbons (Fsp3) is 0.692. The molecule has 7 unspecified atom stereocenters. The zero-order valence-electron chi connectivity index (χ0n) is 39.2. The third kappa shape index (κ3) is 24.3. The molecular weight excluding hydrogens is 625 g/mol. The molecule has 1 aromatic rings.